The largest absolute Gasteiger partial charge is 0.392 e. The Labute approximate surface area is 117 Å². The van der Waals surface area contributed by atoms with E-state index in [1.165, 1.54) is 0 Å². The molecule has 1 unspecified atom stereocenters. The van der Waals surface area contributed by atoms with Crippen molar-refractivity contribution in [3.05, 3.63) is 11.3 Å². The van der Waals surface area contributed by atoms with Crippen LogP contribution in [0.4, 0.5) is 0 Å². The third-order valence-electron chi connectivity index (χ3n) is 3.39. The fraction of sp³-hybridized carbons (Fsp3) is 0.727. The third kappa shape index (κ3) is 3.13. The highest BCUT2D eigenvalue weighted by Gasteiger charge is 2.32. The van der Waals surface area contributed by atoms with Crippen molar-refractivity contribution in [1.29, 1.82) is 0 Å². The average molecular weight is 305 g/mol. The quantitative estimate of drug-likeness (QED) is 0.747. The summed E-state index contributed by atoms with van der Waals surface area (Å²) in [6, 6.07) is 0. The molecule has 108 valence electrons. The fourth-order valence-corrected chi connectivity index (χ4v) is 4.82. The van der Waals surface area contributed by atoms with Crippen LogP contribution in [0, 0.1) is 6.92 Å². The van der Waals surface area contributed by atoms with Crippen molar-refractivity contribution >= 4 is 21.8 Å². The summed E-state index contributed by atoms with van der Waals surface area (Å²) in [6.07, 6.45) is 2.12. The number of hydrogen-bond donors (Lipinski definition) is 3. The maximum atomic E-state index is 12.2. The van der Waals surface area contributed by atoms with Gasteiger partial charge in [-0.25, -0.2) is 13.1 Å². The highest BCUT2D eigenvalue weighted by Crippen LogP contribution is 2.37. The Morgan fingerprint density at radius 3 is 2.89 bits per heavy atom. The number of rotatable bonds is 5. The number of aromatic amines is 1. The first-order valence-corrected chi connectivity index (χ1v) is 8.63. The Morgan fingerprint density at radius 1 is 1.58 bits per heavy atom. The summed E-state index contributed by atoms with van der Waals surface area (Å²) < 4.78 is 27.0. The number of aryl methyl sites for hydroxylation is 1. The molecule has 1 fully saturated rings. The minimum absolute atomic E-state index is 0.0438. The Hall–Kier alpha value is -0.570. The zero-order valence-corrected chi connectivity index (χ0v) is 12.7. The fourth-order valence-electron chi connectivity index (χ4n) is 2.13. The lowest BCUT2D eigenvalue weighted by molar-refractivity contribution is 0.277. The number of hydrogen-bond acceptors (Lipinski definition) is 5. The van der Waals surface area contributed by atoms with Gasteiger partial charge in [0, 0.05) is 22.5 Å². The van der Waals surface area contributed by atoms with Crippen molar-refractivity contribution in [3.63, 3.8) is 0 Å². The number of nitrogens with one attached hydrogen (secondary N) is 2. The predicted molar refractivity (Wildman–Crippen MR) is 74.5 cm³/mol. The van der Waals surface area contributed by atoms with Crippen molar-refractivity contribution in [1.82, 2.24) is 14.9 Å². The lowest BCUT2D eigenvalue weighted by Gasteiger charge is -2.22. The second kappa shape index (κ2) is 5.43. The molecule has 8 heteroatoms. The predicted octanol–water partition coefficient (Wildman–Crippen LogP) is 0.774. The third-order valence-corrected chi connectivity index (χ3v) is 6.29. The molecule has 0 amide bonds. The maximum absolute atomic E-state index is 12.2. The molecular formula is C11H19N3O3S2. The average Bonchev–Trinajstić information content (AvgIpc) is 2.94. The van der Waals surface area contributed by atoms with Crippen LogP contribution in [0.5, 0.6) is 0 Å². The Balaban J connectivity index is 2.14. The van der Waals surface area contributed by atoms with Gasteiger partial charge >= 0.3 is 0 Å². The molecule has 1 aliphatic rings. The Bertz CT molecular complexity index is 548. The van der Waals surface area contributed by atoms with Crippen LogP contribution in [-0.2, 0) is 16.6 Å². The molecule has 0 bridgehead atoms. The van der Waals surface area contributed by atoms with Gasteiger partial charge in [0.1, 0.15) is 0 Å². The molecule has 0 radical (unpaired) electrons. The van der Waals surface area contributed by atoms with Crippen LogP contribution >= 0.6 is 11.8 Å². The van der Waals surface area contributed by atoms with Crippen molar-refractivity contribution in [3.8, 4) is 0 Å². The van der Waals surface area contributed by atoms with Gasteiger partial charge in [0.05, 0.1) is 6.61 Å². The first-order chi connectivity index (χ1) is 8.88. The molecule has 0 spiro atoms. The van der Waals surface area contributed by atoms with Crippen molar-refractivity contribution in [2.24, 2.45) is 0 Å². The number of thioether (sulfide) groups is 1. The van der Waals surface area contributed by atoms with Crippen LogP contribution < -0.4 is 4.72 Å². The maximum Gasteiger partial charge on any atom is 0.260 e. The Morgan fingerprint density at radius 2 is 2.32 bits per heavy atom. The molecule has 0 aromatic carbocycles. The van der Waals surface area contributed by atoms with Crippen molar-refractivity contribution in [2.75, 3.05) is 12.3 Å². The molecule has 3 N–H and O–H groups in total. The molecule has 1 aromatic heterocycles. The molecule has 0 aliphatic carbocycles. The second-order valence-electron chi connectivity index (χ2n) is 5.02. The normalized spacial score (nSPS) is 23.9. The van der Waals surface area contributed by atoms with Crippen LogP contribution in [0.15, 0.2) is 5.03 Å². The summed E-state index contributed by atoms with van der Waals surface area (Å²) >= 11 is 1.79. The van der Waals surface area contributed by atoms with E-state index in [0.29, 0.717) is 17.8 Å². The SMILES string of the molecule is Cc1[nH]nc(S(=O)(=O)NCC2(C)CCCS2)c1CO. The highest BCUT2D eigenvalue weighted by molar-refractivity contribution is 8.01. The molecule has 6 nitrogen and oxygen atoms in total. The number of H-pyrrole nitrogens is 1. The van der Waals surface area contributed by atoms with Crippen LogP contribution in [0.2, 0.25) is 0 Å². The van der Waals surface area contributed by atoms with E-state index in [0.717, 1.165) is 18.6 Å². The molecule has 2 heterocycles. The van der Waals surface area contributed by atoms with Crippen LogP contribution in [-0.4, -0.2) is 40.8 Å². The smallest absolute Gasteiger partial charge is 0.260 e. The molecule has 19 heavy (non-hydrogen) atoms. The number of aliphatic hydroxyl groups excluding tert-OH is 1. The lowest BCUT2D eigenvalue weighted by Crippen LogP contribution is -2.37. The van der Waals surface area contributed by atoms with Gasteiger partial charge in [-0.15, -0.1) is 0 Å². The van der Waals surface area contributed by atoms with Gasteiger partial charge in [-0.3, -0.25) is 5.10 Å². The van der Waals surface area contributed by atoms with Gasteiger partial charge < -0.3 is 5.11 Å². The summed E-state index contributed by atoms with van der Waals surface area (Å²) in [7, 11) is -3.67. The van der Waals surface area contributed by atoms with E-state index in [2.05, 4.69) is 21.8 Å². The molecule has 0 saturated carbocycles. The van der Waals surface area contributed by atoms with Gasteiger partial charge in [0.15, 0.2) is 5.03 Å². The number of sulfonamides is 1. The molecule has 2 rings (SSSR count). The van der Waals surface area contributed by atoms with Gasteiger partial charge in [-0.1, -0.05) is 0 Å². The topological polar surface area (TPSA) is 95.1 Å². The number of aromatic nitrogens is 2. The first kappa shape index (κ1) is 14.8. The van der Waals surface area contributed by atoms with E-state index < -0.39 is 10.0 Å². The monoisotopic (exact) mass is 305 g/mol. The first-order valence-electron chi connectivity index (χ1n) is 6.16. The van der Waals surface area contributed by atoms with E-state index in [1.807, 2.05) is 0 Å². The molecule has 1 aromatic rings. The van der Waals surface area contributed by atoms with E-state index in [1.54, 1.807) is 18.7 Å². The molecule has 1 atom stereocenters. The summed E-state index contributed by atoms with van der Waals surface area (Å²) in [5.74, 6) is 1.07. The zero-order valence-electron chi connectivity index (χ0n) is 11.1. The molecule has 1 aliphatic heterocycles. The van der Waals surface area contributed by atoms with E-state index >= 15 is 0 Å². The lowest BCUT2D eigenvalue weighted by atomic mass is 10.1. The highest BCUT2D eigenvalue weighted by atomic mass is 32.2. The van der Waals surface area contributed by atoms with Gasteiger partial charge in [-0.2, -0.15) is 16.9 Å². The van der Waals surface area contributed by atoms with E-state index in [-0.39, 0.29) is 16.4 Å². The van der Waals surface area contributed by atoms with Crippen LogP contribution in [0.1, 0.15) is 31.0 Å². The van der Waals surface area contributed by atoms with E-state index in [4.69, 9.17) is 0 Å². The van der Waals surface area contributed by atoms with Crippen molar-refractivity contribution in [2.45, 2.75) is 43.1 Å². The van der Waals surface area contributed by atoms with Crippen molar-refractivity contribution < 1.29 is 13.5 Å². The second-order valence-corrected chi connectivity index (χ2v) is 8.38. The minimum Gasteiger partial charge on any atom is -0.392 e. The summed E-state index contributed by atoms with van der Waals surface area (Å²) in [5.41, 5.74) is 0.904. The minimum atomic E-state index is -3.67. The van der Waals surface area contributed by atoms with Gasteiger partial charge in [0.2, 0.25) is 0 Å². The van der Waals surface area contributed by atoms with Gasteiger partial charge in [-0.05, 0) is 32.4 Å². The van der Waals surface area contributed by atoms with Crippen LogP contribution in [0.25, 0.3) is 0 Å². The summed E-state index contributed by atoms with van der Waals surface area (Å²) in [6.45, 7) is 3.79. The van der Waals surface area contributed by atoms with E-state index in [9.17, 15) is 13.5 Å². The summed E-state index contributed by atoms with van der Waals surface area (Å²) in [5, 5.41) is 15.5. The number of nitrogens with zero attached hydrogens (tertiary/aromatic N) is 1. The zero-order chi connectivity index (χ0) is 14.1. The van der Waals surface area contributed by atoms with Gasteiger partial charge in [0.25, 0.3) is 10.0 Å². The van der Waals surface area contributed by atoms with Crippen LogP contribution in [0.3, 0.4) is 0 Å². The molecular weight excluding hydrogens is 286 g/mol. The summed E-state index contributed by atoms with van der Waals surface area (Å²) in [4.78, 5) is 0. The Kier molecular flexibility index (Phi) is 4.24. The number of aliphatic hydroxyl groups is 1. The molecule has 1 saturated heterocycles. The standard InChI is InChI=1S/C11H19N3O3S2/c1-8-9(6-15)10(14-13-8)19(16,17)12-7-11(2)4-3-5-18-11/h12,15H,3-7H2,1-2H3,(H,13,14).